The van der Waals surface area contributed by atoms with Gasteiger partial charge in [0.15, 0.2) is 0 Å². The number of carbonyl (C=O) groups is 2. The number of hydrogen-bond donors (Lipinski definition) is 1. The molecule has 0 rings (SSSR count). The molecule has 0 aliphatic carbocycles. The third kappa shape index (κ3) is 8.57. The molecular formula is C10H14F3NO4. The number of alkyl halides is 3. The van der Waals surface area contributed by atoms with E-state index in [1.165, 1.54) is 6.08 Å². The molecular weight excluding hydrogens is 255 g/mol. The third-order valence-electron chi connectivity index (χ3n) is 1.76. The molecule has 2 N–H and O–H groups in total. The Morgan fingerprint density at radius 2 is 1.78 bits per heavy atom. The second-order valence-corrected chi connectivity index (χ2v) is 3.31. The van der Waals surface area contributed by atoms with E-state index in [1.54, 1.807) is 0 Å². The summed E-state index contributed by atoms with van der Waals surface area (Å²) in [6.45, 7) is 0.582. The maximum Gasteiger partial charge on any atom is 0.495 e. The highest BCUT2D eigenvalue weighted by molar-refractivity contribution is 5.83. The fourth-order valence-electron chi connectivity index (χ4n) is 0.917. The fraction of sp³-hybridized carbons (Fsp3) is 0.600. The second-order valence-electron chi connectivity index (χ2n) is 3.31. The van der Waals surface area contributed by atoms with Gasteiger partial charge in [-0.3, -0.25) is 0 Å². The number of allylic oxidation sites excluding steroid dienone is 1. The summed E-state index contributed by atoms with van der Waals surface area (Å²) in [5.41, 5.74) is 5.26. The van der Waals surface area contributed by atoms with Crippen LogP contribution in [0.4, 0.5) is 13.2 Å². The number of hydrogen-bond acceptors (Lipinski definition) is 5. The zero-order valence-electron chi connectivity index (χ0n) is 9.53. The second kappa shape index (κ2) is 8.51. The van der Waals surface area contributed by atoms with E-state index in [1.807, 2.05) is 0 Å². The van der Waals surface area contributed by atoms with Gasteiger partial charge in [-0.15, -0.1) is 0 Å². The lowest BCUT2D eigenvalue weighted by molar-refractivity contribution is -0.282. The van der Waals surface area contributed by atoms with Crippen molar-refractivity contribution in [3.05, 3.63) is 12.2 Å². The summed E-state index contributed by atoms with van der Waals surface area (Å²) < 4.78 is 34.9. The van der Waals surface area contributed by atoms with Crippen LogP contribution in [0.2, 0.25) is 0 Å². The molecule has 0 bridgehead atoms. The predicted molar refractivity (Wildman–Crippen MR) is 54.9 cm³/mol. The van der Waals surface area contributed by atoms with Crippen molar-refractivity contribution >= 4 is 11.9 Å². The molecule has 0 unspecified atom stereocenters. The normalized spacial score (nSPS) is 11.6. The first kappa shape index (κ1) is 16.4. The Morgan fingerprint density at radius 3 is 2.33 bits per heavy atom. The molecule has 5 nitrogen and oxygen atoms in total. The van der Waals surface area contributed by atoms with Gasteiger partial charge in [-0.2, -0.15) is 13.2 Å². The number of halogens is 3. The predicted octanol–water partition coefficient (Wildman–Crippen LogP) is 1.63. The summed E-state index contributed by atoms with van der Waals surface area (Å²) in [5, 5.41) is 0. The van der Waals surface area contributed by atoms with Crippen molar-refractivity contribution in [2.75, 3.05) is 6.54 Å². The highest BCUT2D eigenvalue weighted by atomic mass is 19.4. The van der Waals surface area contributed by atoms with Gasteiger partial charge in [0.2, 0.25) is 0 Å². The average Bonchev–Trinajstić information content (AvgIpc) is 2.29. The van der Waals surface area contributed by atoms with E-state index in [2.05, 4.69) is 9.78 Å². The van der Waals surface area contributed by atoms with Crippen molar-refractivity contribution in [3.63, 3.8) is 0 Å². The molecule has 0 aromatic heterocycles. The molecule has 0 aliphatic rings. The van der Waals surface area contributed by atoms with Crippen molar-refractivity contribution in [1.82, 2.24) is 0 Å². The lowest BCUT2D eigenvalue weighted by Crippen LogP contribution is -2.26. The Hall–Kier alpha value is -1.57. The minimum atomic E-state index is -5.19. The van der Waals surface area contributed by atoms with Crippen LogP contribution in [0.25, 0.3) is 0 Å². The molecule has 0 spiro atoms. The number of nitrogens with two attached hydrogens (primary N) is 1. The first-order valence-corrected chi connectivity index (χ1v) is 5.24. The first-order chi connectivity index (χ1) is 8.38. The maximum atomic E-state index is 11.6. The number of carbonyl (C=O) groups excluding carboxylic acids is 2. The Balaban J connectivity index is 3.71. The number of rotatable bonds is 6. The summed E-state index contributed by atoms with van der Waals surface area (Å²) >= 11 is 0. The van der Waals surface area contributed by atoms with Crippen molar-refractivity contribution in [2.24, 2.45) is 5.73 Å². The molecule has 0 saturated carbocycles. The average molecular weight is 269 g/mol. The van der Waals surface area contributed by atoms with Crippen LogP contribution in [0.15, 0.2) is 12.2 Å². The first-order valence-electron chi connectivity index (χ1n) is 5.24. The van der Waals surface area contributed by atoms with Crippen LogP contribution in [0.3, 0.4) is 0 Å². The lowest BCUT2D eigenvalue weighted by Gasteiger charge is -2.03. The van der Waals surface area contributed by atoms with E-state index < -0.39 is 18.1 Å². The molecule has 18 heavy (non-hydrogen) atoms. The molecule has 104 valence electrons. The van der Waals surface area contributed by atoms with Crippen molar-refractivity contribution < 1.29 is 32.5 Å². The summed E-state index contributed by atoms with van der Waals surface area (Å²) in [5.74, 6) is -3.75. The van der Waals surface area contributed by atoms with E-state index in [0.717, 1.165) is 25.3 Å². The molecule has 0 aromatic carbocycles. The Bertz CT molecular complexity index is 302. The van der Waals surface area contributed by atoms with Crippen LogP contribution < -0.4 is 5.73 Å². The topological polar surface area (TPSA) is 78.6 Å². The highest BCUT2D eigenvalue weighted by Gasteiger charge is 2.43. The molecule has 0 radical (unpaired) electrons. The van der Waals surface area contributed by atoms with E-state index in [0.29, 0.717) is 13.0 Å². The van der Waals surface area contributed by atoms with Gasteiger partial charge in [-0.05, 0) is 25.8 Å². The largest absolute Gasteiger partial charge is 0.495 e. The molecule has 0 fully saturated rings. The van der Waals surface area contributed by atoms with Crippen molar-refractivity contribution in [1.29, 1.82) is 0 Å². The summed E-state index contributed by atoms with van der Waals surface area (Å²) in [7, 11) is 0. The van der Waals surface area contributed by atoms with Crippen molar-refractivity contribution in [3.8, 4) is 0 Å². The number of unbranched alkanes of at least 4 members (excludes halogenated alkanes) is 3. The van der Waals surface area contributed by atoms with E-state index in [9.17, 15) is 22.8 Å². The van der Waals surface area contributed by atoms with E-state index >= 15 is 0 Å². The minimum Gasteiger partial charge on any atom is -0.330 e. The maximum absolute atomic E-state index is 11.6. The Morgan fingerprint density at radius 1 is 1.11 bits per heavy atom. The van der Waals surface area contributed by atoms with Crippen LogP contribution in [0, 0.1) is 0 Å². The van der Waals surface area contributed by atoms with Crippen molar-refractivity contribution in [2.45, 2.75) is 31.9 Å². The van der Waals surface area contributed by atoms with Gasteiger partial charge in [0.05, 0.1) is 0 Å². The zero-order valence-corrected chi connectivity index (χ0v) is 9.53. The van der Waals surface area contributed by atoms with Crippen LogP contribution >= 0.6 is 0 Å². The molecule has 0 atom stereocenters. The molecule has 0 amide bonds. The van der Waals surface area contributed by atoms with Gasteiger partial charge in [0.1, 0.15) is 0 Å². The lowest BCUT2D eigenvalue weighted by atomic mass is 10.2. The van der Waals surface area contributed by atoms with Crippen LogP contribution in [0.5, 0.6) is 0 Å². The summed E-state index contributed by atoms with van der Waals surface area (Å²) in [6, 6.07) is 0. The van der Waals surface area contributed by atoms with Gasteiger partial charge in [0.25, 0.3) is 0 Å². The summed E-state index contributed by atoms with van der Waals surface area (Å²) in [4.78, 5) is 27.9. The van der Waals surface area contributed by atoms with Gasteiger partial charge < -0.3 is 5.73 Å². The van der Waals surface area contributed by atoms with Gasteiger partial charge in [0, 0.05) is 6.08 Å². The summed E-state index contributed by atoms with van der Waals surface area (Å²) in [6.07, 6.45) is 0.227. The SMILES string of the molecule is NCCCCC/C=C/C(=O)OOC(=O)C(F)(F)F. The quantitative estimate of drug-likeness (QED) is 0.343. The van der Waals surface area contributed by atoms with Crippen LogP contribution in [-0.4, -0.2) is 24.7 Å². The molecule has 8 heteroatoms. The molecule has 0 aromatic rings. The standard InChI is InChI=1S/C10H14F3NO4/c11-10(12,13)9(16)18-17-8(15)6-4-2-1-3-5-7-14/h4,6H,1-3,5,7,14H2/b6-4+. The zero-order chi connectivity index (χ0) is 14.0. The smallest absolute Gasteiger partial charge is 0.330 e. The van der Waals surface area contributed by atoms with Gasteiger partial charge in [-0.25, -0.2) is 19.4 Å². The van der Waals surface area contributed by atoms with E-state index in [4.69, 9.17) is 5.73 Å². The Labute approximate surface area is 102 Å². The monoisotopic (exact) mass is 269 g/mol. The van der Waals surface area contributed by atoms with Gasteiger partial charge >= 0.3 is 18.1 Å². The molecule has 0 saturated heterocycles. The minimum absolute atomic E-state index is 0.558. The molecule has 0 heterocycles. The van der Waals surface area contributed by atoms with Gasteiger partial charge in [-0.1, -0.05) is 12.5 Å². The third-order valence-corrected chi connectivity index (χ3v) is 1.76. The molecule has 0 aliphatic heterocycles. The van der Waals surface area contributed by atoms with Crippen LogP contribution in [0.1, 0.15) is 25.7 Å². The van der Waals surface area contributed by atoms with Crippen LogP contribution in [-0.2, 0) is 19.4 Å². The Kier molecular flexibility index (Phi) is 7.77. The highest BCUT2D eigenvalue weighted by Crippen LogP contribution is 2.16. The van der Waals surface area contributed by atoms with E-state index in [-0.39, 0.29) is 0 Å². The fourth-order valence-corrected chi connectivity index (χ4v) is 0.917.